The zero-order valence-electron chi connectivity index (χ0n) is 21.5. The van der Waals surface area contributed by atoms with Crippen molar-refractivity contribution >= 4 is 50.7 Å². The first-order valence-corrected chi connectivity index (χ1v) is 15.1. The Labute approximate surface area is 230 Å². The smallest absolute Gasteiger partial charge is 0.242 e. The first-order valence-electron chi connectivity index (χ1n) is 12.5. The summed E-state index contributed by atoms with van der Waals surface area (Å²) >= 11 is 12.2. The lowest BCUT2D eigenvalue weighted by atomic mass is 10.1. The molecule has 0 spiro atoms. The predicted molar refractivity (Wildman–Crippen MR) is 149 cm³/mol. The number of nitrogens with one attached hydrogen (secondary N) is 1. The van der Waals surface area contributed by atoms with Gasteiger partial charge in [0.1, 0.15) is 6.04 Å². The second-order valence-electron chi connectivity index (χ2n) is 9.71. The number of carbonyl (C=O) groups excluding carboxylic acids is 2. The molecule has 2 aromatic carbocycles. The summed E-state index contributed by atoms with van der Waals surface area (Å²) in [7, 11) is -3.53. The molecule has 3 rings (SSSR count). The minimum absolute atomic E-state index is 0.0836. The minimum atomic E-state index is -3.53. The van der Waals surface area contributed by atoms with E-state index in [2.05, 4.69) is 5.32 Å². The number of rotatable bonds is 11. The topological polar surface area (TPSA) is 86.8 Å². The number of sulfonamides is 1. The van der Waals surface area contributed by atoms with E-state index in [9.17, 15) is 18.0 Å². The molecule has 7 nitrogen and oxygen atoms in total. The highest BCUT2D eigenvalue weighted by Gasteiger charge is 2.29. The number of halogens is 2. The zero-order valence-corrected chi connectivity index (χ0v) is 23.9. The maximum Gasteiger partial charge on any atom is 0.242 e. The lowest BCUT2D eigenvalue weighted by molar-refractivity contribution is -0.141. The maximum atomic E-state index is 13.4. The van der Waals surface area contributed by atoms with Gasteiger partial charge in [0.05, 0.1) is 22.0 Å². The number of anilines is 1. The van der Waals surface area contributed by atoms with E-state index in [-0.39, 0.29) is 37.4 Å². The molecule has 0 heterocycles. The molecule has 1 N–H and O–H groups in total. The molecule has 1 aliphatic rings. The van der Waals surface area contributed by atoms with Gasteiger partial charge in [-0.3, -0.25) is 13.9 Å². The van der Waals surface area contributed by atoms with Crippen LogP contribution in [0.4, 0.5) is 5.69 Å². The molecule has 0 aliphatic heterocycles. The van der Waals surface area contributed by atoms with Crippen LogP contribution in [0.15, 0.2) is 42.5 Å². The fourth-order valence-electron chi connectivity index (χ4n) is 4.52. The molecule has 0 saturated heterocycles. The fourth-order valence-corrected chi connectivity index (χ4v) is 5.81. The molecule has 1 fully saturated rings. The van der Waals surface area contributed by atoms with E-state index < -0.39 is 16.1 Å². The van der Waals surface area contributed by atoms with E-state index in [0.717, 1.165) is 43.1 Å². The van der Waals surface area contributed by atoms with Crippen molar-refractivity contribution in [3.8, 4) is 0 Å². The Bertz CT molecular complexity index is 1200. The van der Waals surface area contributed by atoms with Crippen molar-refractivity contribution in [2.45, 2.75) is 71.0 Å². The Morgan fingerprint density at radius 2 is 1.70 bits per heavy atom. The molecule has 0 aromatic heterocycles. The monoisotopic (exact) mass is 567 g/mol. The number of carbonyl (C=O) groups is 2. The summed E-state index contributed by atoms with van der Waals surface area (Å²) in [6, 6.07) is 11.8. The molecular formula is C27H35Cl2N3O4S. The molecule has 0 radical (unpaired) electrons. The largest absolute Gasteiger partial charge is 0.352 e. The molecule has 10 heteroatoms. The van der Waals surface area contributed by atoms with Gasteiger partial charge in [-0.2, -0.15) is 0 Å². The summed E-state index contributed by atoms with van der Waals surface area (Å²) in [6.45, 7) is 3.98. The van der Waals surface area contributed by atoms with Crippen LogP contribution in [0, 0.1) is 6.92 Å². The van der Waals surface area contributed by atoms with Gasteiger partial charge in [0, 0.05) is 25.6 Å². The normalized spacial score (nSPS) is 14.8. The van der Waals surface area contributed by atoms with E-state index in [4.69, 9.17) is 23.2 Å². The second-order valence-corrected chi connectivity index (χ2v) is 12.4. The van der Waals surface area contributed by atoms with Crippen LogP contribution >= 0.6 is 23.2 Å². The van der Waals surface area contributed by atoms with E-state index >= 15 is 0 Å². The molecule has 1 saturated carbocycles. The molecule has 1 atom stereocenters. The zero-order chi connectivity index (χ0) is 27.2. The van der Waals surface area contributed by atoms with Crippen LogP contribution in [0.5, 0.6) is 0 Å². The van der Waals surface area contributed by atoms with Gasteiger partial charge >= 0.3 is 0 Å². The average molecular weight is 569 g/mol. The fraction of sp³-hybridized carbons (Fsp3) is 0.481. The lowest BCUT2D eigenvalue weighted by Crippen LogP contribution is -2.49. The Kier molecular flexibility index (Phi) is 10.3. The molecule has 2 aromatic rings. The molecule has 37 heavy (non-hydrogen) atoms. The number of benzene rings is 2. The lowest BCUT2D eigenvalue weighted by Gasteiger charge is -2.30. The standard InChI is InChI=1S/C27H35Cl2N3O4S/c1-19-10-13-23(14-11-19)32(37(3,35)36)16-6-9-26(33)31(18-21-12-15-24(28)25(29)17-21)20(2)27(34)30-22-7-4-5-8-22/h10-15,17,20,22H,4-9,16,18H2,1-3H3,(H,30,34). The Hall–Kier alpha value is -2.29. The highest BCUT2D eigenvalue weighted by Crippen LogP contribution is 2.25. The van der Waals surface area contributed by atoms with Gasteiger partial charge in [-0.15, -0.1) is 0 Å². The third-order valence-corrected chi connectivity index (χ3v) is 8.61. The van der Waals surface area contributed by atoms with Gasteiger partial charge in [-0.05, 0) is 62.9 Å². The average Bonchev–Trinajstić information content (AvgIpc) is 3.35. The van der Waals surface area contributed by atoms with Crippen molar-refractivity contribution in [2.75, 3.05) is 17.1 Å². The van der Waals surface area contributed by atoms with E-state index in [1.807, 2.05) is 19.1 Å². The number of amides is 2. The van der Waals surface area contributed by atoms with Crippen LogP contribution < -0.4 is 9.62 Å². The Morgan fingerprint density at radius 1 is 1.05 bits per heavy atom. The summed E-state index contributed by atoms with van der Waals surface area (Å²) in [5.41, 5.74) is 2.33. The third kappa shape index (κ3) is 8.35. The van der Waals surface area contributed by atoms with Gasteiger partial charge in [-0.1, -0.05) is 59.8 Å². The van der Waals surface area contributed by atoms with Crippen molar-refractivity contribution in [2.24, 2.45) is 0 Å². The van der Waals surface area contributed by atoms with Crippen LogP contribution in [-0.2, 0) is 26.2 Å². The summed E-state index contributed by atoms with van der Waals surface area (Å²) < 4.78 is 26.2. The second kappa shape index (κ2) is 13.0. The molecule has 202 valence electrons. The van der Waals surface area contributed by atoms with E-state index in [1.165, 1.54) is 9.21 Å². The maximum absolute atomic E-state index is 13.4. The SMILES string of the molecule is Cc1ccc(N(CCCC(=O)N(Cc2ccc(Cl)c(Cl)c2)C(C)C(=O)NC2CCCC2)S(C)(=O)=O)cc1. The van der Waals surface area contributed by atoms with Gasteiger partial charge in [-0.25, -0.2) is 8.42 Å². The number of hydrogen-bond acceptors (Lipinski definition) is 4. The molecule has 0 bridgehead atoms. The summed E-state index contributed by atoms with van der Waals surface area (Å²) in [4.78, 5) is 28.0. The van der Waals surface area contributed by atoms with E-state index in [1.54, 1.807) is 37.3 Å². The minimum Gasteiger partial charge on any atom is -0.352 e. The number of nitrogens with zero attached hydrogens (tertiary/aromatic N) is 2. The molecule has 2 amide bonds. The van der Waals surface area contributed by atoms with Crippen molar-refractivity contribution in [1.82, 2.24) is 10.2 Å². The van der Waals surface area contributed by atoms with Crippen molar-refractivity contribution in [1.29, 1.82) is 0 Å². The van der Waals surface area contributed by atoms with Crippen LogP contribution in [-0.4, -0.2) is 50.0 Å². The summed E-state index contributed by atoms with van der Waals surface area (Å²) in [5.74, 6) is -0.435. The van der Waals surface area contributed by atoms with Crippen molar-refractivity contribution < 1.29 is 18.0 Å². The number of aryl methyl sites for hydroxylation is 1. The number of hydrogen-bond donors (Lipinski definition) is 1. The molecular weight excluding hydrogens is 533 g/mol. The van der Waals surface area contributed by atoms with Gasteiger partial charge < -0.3 is 10.2 Å². The summed E-state index contributed by atoms with van der Waals surface area (Å²) in [6.07, 6.45) is 5.60. The van der Waals surface area contributed by atoms with Crippen LogP contribution in [0.2, 0.25) is 10.0 Å². The first-order chi connectivity index (χ1) is 17.5. The van der Waals surface area contributed by atoms with Crippen molar-refractivity contribution in [3.05, 3.63) is 63.6 Å². The highest BCUT2D eigenvalue weighted by atomic mass is 35.5. The van der Waals surface area contributed by atoms with E-state index in [0.29, 0.717) is 22.2 Å². The molecule has 1 unspecified atom stereocenters. The predicted octanol–water partition coefficient (Wildman–Crippen LogP) is 5.32. The highest BCUT2D eigenvalue weighted by molar-refractivity contribution is 7.92. The van der Waals surface area contributed by atoms with Crippen molar-refractivity contribution in [3.63, 3.8) is 0 Å². The quantitative estimate of drug-likeness (QED) is 0.398. The van der Waals surface area contributed by atoms with Gasteiger partial charge in [0.25, 0.3) is 0 Å². The van der Waals surface area contributed by atoms with Crippen LogP contribution in [0.3, 0.4) is 0 Å². The molecule has 1 aliphatic carbocycles. The third-order valence-electron chi connectivity index (χ3n) is 6.68. The Morgan fingerprint density at radius 3 is 2.30 bits per heavy atom. The summed E-state index contributed by atoms with van der Waals surface area (Å²) in [5, 5.41) is 3.85. The van der Waals surface area contributed by atoms with Crippen LogP contribution in [0.1, 0.15) is 56.6 Å². The first kappa shape index (κ1) is 29.3. The van der Waals surface area contributed by atoms with Crippen LogP contribution in [0.25, 0.3) is 0 Å². The Balaban J connectivity index is 1.73. The van der Waals surface area contributed by atoms with Gasteiger partial charge in [0.2, 0.25) is 21.8 Å². The van der Waals surface area contributed by atoms with Gasteiger partial charge in [0.15, 0.2) is 0 Å².